The van der Waals surface area contributed by atoms with Crippen molar-refractivity contribution in [2.45, 2.75) is 13.5 Å². The summed E-state index contributed by atoms with van der Waals surface area (Å²) in [4.78, 5) is 4.40. The van der Waals surface area contributed by atoms with E-state index in [0.29, 0.717) is 23.3 Å². The fraction of sp³-hybridized carbons (Fsp3) is 0.118. The summed E-state index contributed by atoms with van der Waals surface area (Å²) >= 11 is 5.97. The van der Waals surface area contributed by atoms with Gasteiger partial charge in [0, 0.05) is 17.3 Å². The van der Waals surface area contributed by atoms with Gasteiger partial charge in [-0.1, -0.05) is 47.5 Å². The summed E-state index contributed by atoms with van der Waals surface area (Å²) in [6.45, 7) is 2.71. The molecule has 6 heteroatoms. The van der Waals surface area contributed by atoms with Gasteiger partial charge in [-0.15, -0.1) is 5.10 Å². The zero-order chi connectivity index (χ0) is 16.1. The van der Waals surface area contributed by atoms with Gasteiger partial charge in [0.05, 0.1) is 6.20 Å². The molecule has 5 nitrogen and oxygen atoms in total. The van der Waals surface area contributed by atoms with E-state index in [0.717, 1.165) is 5.69 Å². The molecule has 0 aliphatic rings. The van der Waals surface area contributed by atoms with Crippen molar-refractivity contribution in [2.75, 3.05) is 10.6 Å². The van der Waals surface area contributed by atoms with E-state index in [-0.39, 0.29) is 0 Å². The smallest absolute Gasteiger partial charge is 0.244 e. The Bertz CT molecular complexity index is 806. The van der Waals surface area contributed by atoms with Crippen LogP contribution < -0.4 is 10.6 Å². The number of rotatable bonds is 5. The Morgan fingerprint density at radius 3 is 2.78 bits per heavy atom. The Labute approximate surface area is 139 Å². The van der Waals surface area contributed by atoms with E-state index in [9.17, 15) is 0 Å². The van der Waals surface area contributed by atoms with Crippen LogP contribution in [0.1, 0.15) is 11.1 Å². The van der Waals surface area contributed by atoms with Gasteiger partial charge in [-0.3, -0.25) is 0 Å². The molecule has 0 saturated carbocycles. The highest BCUT2D eigenvalue weighted by atomic mass is 35.5. The largest absolute Gasteiger partial charge is 0.349 e. The van der Waals surface area contributed by atoms with E-state index in [4.69, 9.17) is 11.6 Å². The predicted molar refractivity (Wildman–Crippen MR) is 93.1 cm³/mol. The molecule has 0 aliphatic carbocycles. The van der Waals surface area contributed by atoms with Crippen molar-refractivity contribution in [1.82, 2.24) is 15.2 Å². The van der Waals surface area contributed by atoms with Crippen LogP contribution in [0.5, 0.6) is 0 Å². The van der Waals surface area contributed by atoms with Gasteiger partial charge in [0.15, 0.2) is 5.82 Å². The monoisotopic (exact) mass is 325 g/mol. The number of aryl methyl sites for hydroxylation is 1. The first-order chi connectivity index (χ1) is 11.2. The lowest BCUT2D eigenvalue weighted by molar-refractivity contribution is 0.948. The Kier molecular flexibility index (Phi) is 4.68. The van der Waals surface area contributed by atoms with E-state index >= 15 is 0 Å². The molecule has 0 atom stereocenters. The van der Waals surface area contributed by atoms with Crippen molar-refractivity contribution in [3.8, 4) is 0 Å². The molecule has 2 N–H and O–H groups in total. The number of hydrogen-bond donors (Lipinski definition) is 2. The molecule has 0 saturated heterocycles. The van der Waals surface area contributed by atoms with Gasteiger partial charge in [-0.25, -0.2) is 0 Å². The van der Waals surface area contributed by atoms with E-state index < -0.39 is 0 Å². The van der Waals surface area contributed by atoms with Crippen molar-refractivity contribution < 1.29 is 0 Å². The molecule has 0 aliphatic heterocycles. The average molecular weight is 326 g/mol. The maximum atomic E-state index is 5.97. The normalized spacial score (nSPS) is 10.3. The van der Waals surface area contributed by atoms with Crippen molar-refractivity contribution in [1.29, 1.82) is 0 Å². The van der Waals surface area contributed by atoms with E-state index in [2.05, 4.69) is 50.9 Å². The fourth-order valence-electron chi connectivity index (χ4n) is 2.16. The minimum atomic E-state index is 0.471. The molecular formula is C17H16ClN5. The number of benzene rings is 2. The third kappa shape index (κ3) is 4.40. The first kappa shape index (κ1) is 15.2. The highest BCUT2D eigenvalue weighted by molar-refractivity contribution is 6.30. The Morgan fingerprint density at radius 1 is 1.09 bits per heavy atom. The van der Waals surface area contributed by atoms with E-state index in [1.165, 1.54) is 11.1 Å². The lowest BCUT2D eigenvalue weighted by Gasteiger charge is -2.08. The van der Waals surface area contributed by atoms with Crippen LogP contribution >= 0.6 is 11.6 Å². The molecule has 0 bridgehead atoms. The first-order valence-electron chi connectivity index (χ1n) is 7.21. The molecule has 116 valence electrons. The molecule has 3 rings (SSSR count). The summed E-state index contributed by atoms with van der Waals surface area (Å²) in [5, 5.41) is 15.0. The van der Waals surface area contributed by atoms with Crippen molar-refractivity contribution in [3.05, 3.63) is 70.9 Å². The predicted octanol–water partition coefficient (Wildman–Crippen LogP) is 4.19. The third-order valence-corrected chi connectivity index (χ3v) is 3.42. The lowest BCUT2D eigenvalue weighted by Crippen LogP contribution is -2.06. The number of halogens is 1. The van der Waals surface area contributed by atoms with Crippen LogP contribution in [-0.2, 0) is 6.54 Å². The zero-order valence-electron chi connectivity index (χ0n) is 12.6. The van der Waals surface area contributed by atoms with Crippen LogP contribution in [0.15, 0.2) is 54.7 Å². The quantitative estimate of drug-likeness (QED) is 0.736. The summed E-state index contributed by atoms with van der Waals surface area (Å²) in [5.74, 6) is 1.08. The second-order valence-electron chi connectivity index (χ2n) is 5.14. The van der Waals surface area contributed by atoms with Gasteiger partial charge in [0.1, 0.15) is 0 Å². The number of nitrogens with zero attached hydrogens (tertiary/aromatic N) is 3. The van der Waals surface area contributed by atoms with Crippen LogP contribution in [0.3, 0.4) is 0 Å². The Balaban J connectivity index is 1.67. The van der Waals surface area contributed by atoms with Gasteiger partial charge in [0.25, 0.3) is 0 Å². The SMILES string of the molecule is Cc1cccc(CNc2nncc(Nc3cccc(Cl)c3)n2)c1. The molecule has 2 aromatic carbocycles. The molecule has 0 amide bonds. The standard InChI is InChI=1S/C17H16ClN5/c1-12-4-2-5-13(8-12)10-19-17-22-16(11-20-23-17)21-15-7-3-6-14(18)9-15/h2-9,11H,10H2,1H3,(H2,19,21,22,23). The molecule has 0 radical (unpaired) electrons. The van der Waals surface area contributed by atoms with Gasteiger partial charge in [-0.2, -0.15) is 10.1 Å². The maximum absolute atomic E-state index is 5.97. The minimum absolute atomic E-state index is 0.471. The molecule has 0 spiro atoms. The summed E-state index contributed by atoms with van der Waals surface area (Å²) in [7, 11) is 0. The van der Waals surface area contributed by atoms with Gasteiger partial charge < -0.3 is 10.6 Å². The molecule has 1 heterocycles. The zero-order valence-corrected chi connectivity index (χ0v) is 13.4. The summed E-state index contributed by atoms with van der Waals surface area (Å²) in [6.07, 6.45) is 1.57. The third-order valence-electron chi connectivity index (χ3n) is 3.19. The molecule has 0 fully saturated rings. The second kappa shape index (κ2) is 7.07. The summed E-state index contributed by atoms with van der Waals surface area (Å²) in [5.41, 5.74) is 3.24. The highest BCUT2D eigenvalue weighted by Crippen LogP contribution is 2.18. The van der Waals surface area contributed by atoms with E-state index in [1.54, 1.807) is 6.20 Å². The van der Waals surface area contributed by atoms with E-state index in [1.807, 2.05) is 30.3 Å². The topological polar surface area (TPSA) is 62.7 Å². The van der Waals surface area contributed by atoms with Crippen LogP contribution in [0.2, 0.25) is 5.02 Å². The lowest BCUT2D eigenvalue weighted by atomic mass is 10.1. The molecule has 3 aromatic rings. The Hall–Kier alpha value is -2.66. The molecule has 1 aromatic heterocycles. The van der Waals surface area contributed by atoms with Crippen molar-refractivity contribution in [3.63, 3.8) is 0 Å². The second-order valence-corrected chi connectivity index (χ2v) is 5.58. The van der Waals surface area contributed by atoms with Crippen LogP contribution in [0, 0.1) is 6.92 Å². The fourth-order valence-corrected chi connectivity index (χ4v) is 2.35. The van der Waals surface area contributed by atoms with Crippen molar-refractivity contribution in [2.24, 2.45) is 0 Å². The van der Waals surface area contributed by atoms with Gasteiger partial charge in [0.2, 0.25) is 5.95 Å². The number of anilines is 3. The molecular weight excluding hydrogens is 310 g/mol. The molecule has 23 heavy (non-hydrogen) atoms. The summed E-state index contributed by atoms with van der Waals surface area (Å²) in [6, 6.07) is 15.7. The first-order valence-corrected chi connectivity index (χ1v) is 7.58. The summed E-state index contributed by atoms with van der Waals surface area (Å²) < 4.78 is 0. The highest BCUT2D eigenvalue weighted by Gasteiger charge is 2.02. The van der Waals surface area contributed by atoms with Crippen LogP contribution in [0.4, 0.5) is 17.5 Å². The van der Waals surface area contributed by atoms with Crippen molar-refractivity contribution >= 4 is 29.1 Å². The minimum Gasteiger partial charge on any atom is -0.349 e. The number of nitrogens with one attached hydrogen (secondary N) is 2. The Morgan fingerprint density at radius 2 is 1.96 bits per heavy atom. The number of hydrogen-bond acceptors (Lipinski definition) is 5. The maximum Gasteiger partial charge on any atom is 0.244 e. The number of aromatic nitrogens is 3. The van der Waals surface area contributed by atoms with Gasteiger partial charge in [-0.05, 0) is 30.7 Å². The van der Waals surface area contributed by atoms with Gasteiger partial charge >= 0.3 is 0 Å². The molecule has 0 unspecified atom stereocenters. The van der Waals surface area contributed by atoms with Crippen LogP contribution in [-0.4, -0.2) is 15.2 Å². The average Bonchev–Trinajstić information content (AvgIpc) is 2.53. The van der Waals surface area contributed by atoms with Crippen LogP contribution in [0.25, 0.3) is 0 Å².